The van der Waals surface area contributed by atoms with E-state index in [1.807, 2.05) is 66.7 Å². The summed E-state index contributed by atoms with van der Waals surface area (Å²) in [6, 6.07) is 26.4. The van der Waals surface area contributed by atoms with Crippen LogP contribution in [0.3, 0.4) is 0 Å². The second-order valence-corrected chi connectivity index (χ2v) is 9.92. The molecule has 2 N–H and O–H groups in total. The van der Waals surface area contributed by atoms with Gasteiger partial charge in [-0.1, -0.05) is 86.0 Å². The first-order valence-corrected chi connectivity index (χ1v) is 13.3. The van der Waals surface area contributed by atoms with E-state index in [0.717, 1.165) is 41.3 Å². The number of carboxylic acid groups (broad SMARTS) is 1. The molecule has 2 atom stereocenters. The summed E-state index contributed by atoms with van der Waals surface area (Å²) < 4.78 is 14.8. The van der Waals surface area contributed by atoms with Gasteiger partial charge in [0.1, 0.15) is 5.82 Å². The second-order valence-electron chi connectivity index (χ2n) is 9.48. The molecule has 4 aromatic rings. The van der Waals surface area contributed by atoms with Crippen LogP contribution >= 0.6 is 11.6 Å². The Morgan fingerprint density at radius 3 is 2.21 bits per heavy atom. The van der Waals surface area contributed by atoms with Crippen molar-refractivity contribution in [2.24, 2.45) is 0 Å². The SMILES string of the molecule is CCCCC(c1ccc(C(=O)NCCC(=O)O)cc1)C(c1ccc(Cl)cc1)c1ccc(F)c2ccccc12. The maximum Gasteiger partial charge on any atom is 0.305 e. The first-order chi connectivity index (χ1) is 18.4. The van der Waals surface area contributed by atoms with Crippen LogP contribution in [0.2, 0.25) is 5.02 Å². The van der Waals surface area contributed by atoms with Gasteiger partial charge in [-0.05, 0) is 64.7 Å². The quantitative estimate of drug-likeness (QED) is 0.206. The maximum absolute atomic E-state index is 14.8. The molecule has 4 rings (SSSR count). The average molecular weight is 532 g/mol. The number of nitrogens with one attached hydrogen (secondary N) is 1. The summed E-state index contributed by atoms with van der Waals surface area (Å²) >= 11 is 6.24. The molecule has 38 heavy (non-hydrogen) atoms. The summed E-state index contributed by atoms with van der Waals surface area (Å²) in [4.78, 5) is 23.3. The summed E-state index contributed by atoms with van der Waals surface area (Å²) in [5.74, 6) is -1.51. The van der Waals surface area contributed by atoms with Gasteiger partial charge in [-0.3, -0.25) is 9.59 Å². The molecule has 4 aromatic carbocycles. The van der Waals surface area contributed by atoms with Gasteiger partial charge in [0.2, 0.25) is 0 Å². The van der Waals surface area contributed by atoms with Crippen LogP contribution < -0.4 is 5.32 Å². The van der Waals surface area contributed by atoms with Crippen LogP contribution in [0.5, 0.6) is 0 Å². The minimum atomic E-state index is -0.957. The summed E-state index contributed by atoms with van der Waals surface area (Å²) in [5, 5.41) is 13.6. The van der Waals surface area contributed by atoms with Crippen LogP contribution in [0, 0.1) is 5.82 Å². The molecular formula is C32H31ClFNO3. The zero-order valence-corrected chi connectivity index (χ0v) is 22.0. The summed E-state index contributed by atoms with van der Waals surface area (Å²) in [7, 11) is 0. The molecule has 4 nitrogen and oxygen atoms in total. The molecule has 0 aliphatic heterocycles. The molecular weight excluding hydrogens is 501 g/mol. The van der Waals surface area contributed by atoms with E-state index >= 15 is 0 Å². The van der Waals surface area contributed by atoms with Gasteiger partial charge < -0.3 is 10.4 Å². The zero-order chi connectivity index (χ0) is 27.1. The fourth-order valence-corrected chi connectivity index (χ4v) is 5.20. The van der Waals surface area contributed by atoms with Crippen molar-refractivity contribution in [3.63, 3.8) is 0 Å². The van der Waals surface area contributed by atoms with E-state index in [1.165, 1.54) is 0 Å². The Morgan fingerprint density at radius 1 is 0.895 bits per heavy atom. The largest absolute Gasteiger partial charge is 0.481 e. The third-order valence-electron chi connectivity index (χ3n) is 6.97. The first-order valence-electron chi connectivity index (χ1n) is 12.9. The van der Waals surface area contributed by atoms with E-state index in [1.54, 1.807) is 18.2 Å². The molecule has 196 valence electrons. The third kappa shape index (κ3) is 6.40. The molecule has 0 bridgehead atoms. The van der Waals surface area contributed by atoms with Crippen molar-refractivity contribution in [2.75, 3.05) is 6.54 Å². The lowest BCUT2D eigenvalue weighted by atomic mass is 9.73. The van der Waals surface area contributed by atoms with E-state index in [-0.39, 0.29) is 36.5 Å². The molecule has 0 saturated carbocycles. The van der Waals surface area contributed by atoms with E-state index < -0.39 is 5.97 Å². The topological polar surface area (TPSA) is 66.4 Å². The molecule has 0 aliphatic carbocycles. The minimum absolute atomic E-state index is 0.0640. The molecule has 0 spiro atoms. The van der Waals surface area contributed by atoms with Crippen molar-refractivity contribution in [1.29, 1.82) is 0 Å². The van der Waals surface area contributed by atoms with Gasteiger partial charge in [0, 0.05) is 28.4 Å². The van der Waals surface area contributed by atoms with Crippen LogP contribution in [0.4, 0.5) is 4.39 Å². The number of fused-ring (bicyclic) bond motifs is 1. The highest BCUT2D eigenvalue weighted by Crippen LogP contribution is 2.44. The summed E-state index contributed by atoms with van der Waals surface area (Å²) in [6.45, 7) is 2.23. The number of halogens is 2. The van der Waals surface area contributed by atoms with Crippen molar-refractivity contribution in [2.45, 2.75) is 44.4 Å². The number of amides is 1. The standard InChI is InChI=1S/C32H31ClFNO3/c1-2-3-6-25(21-9-11-23(12-10-21)32(38)35-20-19-30(36)37)31(22-13-15-24(33)16-14-22)28-17-18-29(34)27-8-5-4-7-26(27)28/h4-5,7-18,25,31H,2-3,6,19-20H2,1H3,(H,35,38)(H,36,37). The second kappa shape index (κ2) is 12.7. The Hall–Kier alpha value is -3.70. The Bertz CT molecular complexity index is 1400. The lowest BCUT2D eigenvalue weighted by Crippen LogP contribution is -2.26. The Labute approximate surface area is 227 Å². The van der Waals surface area contributed by atoms with Gasteiger partial charge in [0.15, 0.2) is 0 Å². The van der Waals surface area contributed by atoms with E-state index in [9.17, 15) is 14.0 Å². The minimum Gasteiger partial charge on any atom is -0.481 e. The van der Waals surface area contributed by atoms with E-state index in [0.29, 0.717) is 16.0 Å². The molecule has 6 heteroatoms. The molecule has 0 aliphatic rings. The number of hydrogen-bond acceptors (Lipinski definition) is 2. The van der Waals surface area contributed by atoms with Crippen LogP contribution in [0.25, 0.3) is 10.8 Å². The highest BCUT2D eigenvalue weighted by molar-refractivity contribution is 6.30. The van der Waals surface area contributed by atoms with Gasteiger partial charge >= 0.3 is 5.97 Å². The lowest BCUT2D eigenvalue weighted by Gasteiger charge is -2.30. The first kappa shape index (κ1) is 27.3. The van der Waals surface area contributed by atoms with E-state index in [2.05, 4.69) is 12.2 Å². The summed E-state index contributed by atoms with van der Waals surface area (Å²) in [5.41, 5.74) is 3.68. The third-order valence-corrected chi connectivity index (χ3v) is 7.22. The fourth-order valence-electron chi connectivity index (χ4n) is 5.07. The number of carboxylic acids is 1. The Morgan fingerprint density at radius 2 is 1.55 bits per heavy atom. The van der Waals surface area contributed by atoms with Gasteiger partial charge in [0.25, 0.3) is 5.91 Å². The summed E-state index contributed by atoms with van der Waals surface area (Å²) in [6.07, 6.45) is 2.81. The highest BCUT2D eigenvalue weighted by Gasteiger charge is 2.28. The normalized spacial score (nSPS) is 12.7. The van der Waals surface area contributed by atoms with Gasteiger partial charge in [0.05, 0.1) is 6.42 Å². The van der Waals surface area contributed by atoms with Crippen LogP contribution in [0.1, 0.15) is 71.5 Å². The molecule has 1 amide bonds. The lowest BCUT2D eigenvalue weighted by molar-refractivity contribution is -0.136. The average Bonchev–Trinajstić information content (AvgIpc) is 2.92. The predicted molar refractivity (Wildman–Crippen MR) is 150 cm³/mol. The fraction of sp³-hybridized carbons (Fsp3) is 0.250. The van der Waals surface area contributed by atoms with Crippen LogP contribution in [-0.4, -0.2) is 23.5 Å². The maximum atomic E-state index is 14.8. The van der Waals surface area contributed by atoms with Crippen molar-refractivity contribution in [1.82, 2.24) is 5.32 Å². The Balaban J connectivity index is 1.78. The molecule has 0 saturated heterocycles. The van der Waals surface area contributed by atoms with Crippen molar-refractivity contribution < 1.29 is 19.1 Å². The number of carbonyl (C=O) groups is 2. The smallest absolute Gasteiger partial charge is 0.305 e. The van der Waals surface area contributed by atoms with Gasteiger partial charge in [-0.15, -0.1) is 0 Å². The van der Waals surface area contributed by atoms with Gasteiger partial charge in [-0.25, -0.2) is 4.39 Å². The van der Waals surface area contributed by atoms with E-state index in [4.69, 9.17) is 16.7 Å². The number of hydrogen-bond donors (Lipinski definition) is 2. The number of rotatable bonds is 11. The monoisotopic (exact) mass is 531 g/mol. The van der Waals surface area contributed by atoms with Crippen LogP contribution in [0.15, 0.2) is 84.9 Å². The predicted octanol–water partition coefficient (Wildman–Crippen LogP) is 7.94. The number of unbranched alkanes of at least 4 members (excludes halogenated alkanes) is 1. The number of carbonyl (C=O) groups excluding carboxylic acids is 1. The molecule has 0 fully saturated rings. The molecule has 0 aromatic heterocycles. The Kier molecular flexibility index (Phi) is 9.14. The number of aliphatic carboxylic acids is 1. The van der Waals surface area contributed by atoms with Crippen LogP contribution in [-0.2, 0) is 4.79 Å². The molecule has 0 radical (unpaired) electrons. The van der Waals surface area contributed by atoms with Crippen molar-refractivity contribution in [3.05, 3.63) is 118 Å². The zero-order valence-electron chi connectivity index (χ0n) is 21.3. The number of benzene rings is 4. The van der Waals surface area contributed by atoms with Crippen molar-refractivity contribution >= 4 is 34.2 Å². The molecule has 2 unspecified atom stereocenters. The highest BCUT2D eigenvalue weighted by atomic mass is 35.5. The van der Waals surface area contributed by atoms with Crippen molar-refractivity contribution in [3.8, 4) is 0 Å². The molecule has 0 heterocycles. The van der Waals surface area contributed by atoms with Gasteiger partial charge in [-0.2, -0.15) is 0 Å².